The van der Waals surface area contributed by atoms with Gasteiger partial charge in [-0.3, -0.25) is 9.59 Å². The van der Waals surface area contributed by atoms with Gasteiger partial charge in [0, 0.05) is 6.54 Å². The summed E-state index contributed by atoms with van der Waals surface area (Å²) in [5.41, 5.74) is 0.116. The van der Waals surface area contributed by atoms with E-state index in [1.807, 2.05) is 41.5 Å². The van der Waals surface area contributed by atoms with Crippen LogP contribution >= 0.6 is 12.4 Å². The van der Waals surface area contributed by atoms with Crippen molar-refractivity contribution in [3.63, 3.8) is 0 Å². The van der Waals surface area contributed by atoms with Crippen molar-refractivity contribution in [1.82, 2.24) is 5.32 Å². The van der Waals surface area contributed by atoms with Crippen molar-refractivity contribution in [2.24, 2.45) is 10.8 Å². The zero-order valence-corrected chi connectivity index (χ0v) is 18.7. The first kappa shape index (κ1) is 26.4. The van der Waals surface area contributed by atoms with Crippen LogP contribution in [0.15, 0.2) is 18.2 Å². The summed E-state index contributed by atoms with van der Waals surface area (Å²) in [7, 11) is 1.73. The Bertz CT molecular complexity index is 662. The molecule has 1 rings (SSSR count). The molecule has 0 aliphatic heterocycles. The Hall–Kier alpha value is -1.63. The third-order valence-electron chi connectivity index (χ3n) is 3.55. The lowest BCUT2D eigenvalue weighted by Crippen LogP contribution is -2.21. The van der Waals surface area contributed by atoms with Gasteiger partial charge in [-0.25, -0.2) is 0 Å². The SMILES string of the molecule is CNCC(O)c1ccc(OC(=O)CC(C)(C)C)c(OC(=O)CC(C)(C)C)c1.Cl. The van der Waals surface area contributed by atoms with Crippen molar-refractivity contribution >= 4 is 24.3 Å². The number of halogens is 1. The number of rotatable bonds is 7. The Morgan fingerprint density at radius 2 is 1.43 bits per heavy atom. The van der Waals surface area contributed by atoms with Crippen molar-refractivity contribution in [2.75, 3.05) is 13.6 Å². The lowest BCUT2D eigenvalue weighted by Gasteiger charge is -2.20. The van der Waals surface area contributed by atoms with Gasteiger partial charge >= 0.3 is 11.9 Å². The molecule has 0 aliphatic rings. The lowest BCUT2D eigenvalue weighted by molar-refractivity contribution is -0.139. The molecule has 0 bridgehead atoms. The van der Waals surface area contributed by atoms with Gasteiger partial charge in [0.05, 0.1) is 18.9 Å². The molecule has 0 aromatic heterocycles. The molecule has 0 amide bonds. The zero-order chi connectivity index (χ0) is 20.8. The summed E-state index contributed by atoms with van der Waals surface area (Å²) in [6.07, 6.45) is -0.326. The van der Waals surface area contributed by atoms with Crippen LogP contribution in [-0.4, -0.2) is 30.6 Å². The average Bonchev–Trinajstić information content (AvgIpc) is 2.45. The molecule has 0 fully saturated rings. The highest BCUT2D eigenvalue weighted by Gasteiger charge is 2.23. The Morgan fingerprint density at radius 3 is 1.86 bits per heavy atom. The van der Waals surface area contributed by atoms with Crippen LogP contribution in [0.1, 0.15) is 66.1 Å². The summed E-state index contributed by atoms with van der Waals surface area (Å²) in [6.45, 7) is 12.0. The zero-order valence-electron chi connectivity index (χ0n) is 17.9. The molecular formula is C21H34ClNO5. The quantitative estimate of drug-likeness (QED) is 0.516. The minimum atomic E-state index is -0.769. The molecule has 0 aliphatic carbocycles. The van der Waals surface area contributed by atoms with E-state index in [0.717, 1.165) is 0 Å². The summed E-state index contributed by atoms with van der Waals surface area (Å²) < 4.78 is 10.9. The van der Waals surface area contributed by atoms with Crippen LogP contribution < -0.4 is 14.8 Å². The Balaban J connectivity index is 0.00000729. The monoisotopic (exact) mass is 415 g/mol. The fourth-order valence-electron chi connectivity index (χ4n) is 2.39. The standard InChI is InChI=1S/C21H33NO5.ClH/c1-20(2,3)11-18(24)26-16-9-8-14(15(23)13-22-7)10-17(16)27-19(25)12-21(4,5)6;/h8-10,15,22-23H,11-13H2,1-7H3;1H. The maximum atomic E-state index is 12.3. The van der Waals surface area contributed by atoms with Gasteiger partial charge in [-0.1, -0.05) is 47.6 Å². The van der Waals surface area contributed by atoms with Crippen LogP contribution in [0.4, 0.5) is 0 Å². The van der Waals surface area contributed by atoms with Gasteiger partial charge in [0.15, 0.2) is 11.5 Å². The van der Waals surface area contributed by atoms with Crippen LogP contribution in [0.25, 0.3) is 0 Å². The Labute approximate surface area is 174 Å². The minimum absolute atomic E-state index is 0. The fourth-order valence-corrected chi connectivity index (χ4v) is 2.39. The molecule has 0 heterocycles. The molecular weight excluding hydrogens is 382 g/mol. The van der Waals surface area contributed by atoms with E-state index in [4.69, 9.17) is 9.47 Å². The summed E-state index contributed by atoms with van der Waals surface area (Å²) in [4.78, 5) is 24.5. The number of carbonyl (C=O) groups is 2. The van der Waals surface area contributed by atoms with Crippen LogP contribution in [0.5, 0.6) is 11.5 Å². The van der Waals surface area contributed by atoms with Crippen molar-refractivity contribution < 1.29 is 24.2 Å². The van der Waals surface area contributed by atoms with Crippen molar-refractivity contribution in [3.05, 3.63) is 23.8 Å². The third-order valence-corrected chi connectivity index (χ3v) is 3.55. The molecule has 7 heteroatoms. The predicted octanol–water partition coefficient (Wildman–Crippen LogP) is 4.04. The minimum Gasteiger partial charge on any atom is -0.423 e. The molecule has 1 aromatic carbocycles. The van der Waals surface area contributed by atoms with Crippen molar-refractivity contribution in [2.45, 2.75) is 60.5 Å². The second-order valence-corrected chi connectivity index (χ2v) is 9.20. The normalized spacial score (nSPS) is 12.7. The summed E-state index contributed by atoms with van der Waals surface area (Å²) >= 11 is 0. The number of aliphatic hydroxyl groups is 1. The molecule has 160 valence electrons. The van der Waals surface area contributed by atoms with Gasteiger partial charge in [0.1, 0.15) is 0 Å². The second-order valence-electron chi connectivity index (χ2n) is 9.20. The number of hydrogen-bond acceptors (Lipinski definition) is 6. The number of likely N-dealkylation sites (N-methyl/N-ethyl adjacent to an activating group) is 1. The van der Waals surface area contributed by atoms with Gasteiger partial charge in [0.25, 0.3) is 0 Å². The third kappa shape index (κ3) is 10.1. The number of carbonyl (C=O) groups excluding carboxylic acids is 2. The first-order valence-electron chi connectivity index (χ1n) is 9.19. The van der Waals surface area contributed by atoms with E-state index in [0.29, 0.717) is 12.1 Å². The van der Waals surface area contributed by atoms with E-state index >= 15 is 0 Å². The molecule has 0 spiro atoms. The van der Waals surface area contributed by atoms with Gasteiger partial charge in [-0.15, -0.1) is 12.4 Å². The van der Waals surface area contributed by atoms with Crippen LogP contribution in [0.3, 0.4) is 0 Å². The fraction of sp³-hybridized carbons (Fsp3) is 0.619. The van der Waals surface area contributed by atoms with E-state index in [2.05, 4.69) is 5.32 Å². The van der Waals surface area contributed by atoms with E-state index in [1.165, 1.54) is 0 Å². The van der Waals surface area contributed by atoms with Gasteiger partial charge < -0.3 is 19.9 Å². The smallest absolute Gasteiger partial charge is 0.311 e. The number of ether oxygens (including phenoxy) is 2. The average molecular weight is 416 g/mol. The van der Waals surface area contributed by atoms with Gasteiger partial charge in [-0.05, 0) is 35.6 Å². The van der Waals surface area contributed by atoms with Crippen LogP contribution in [0.2, 0.25) is 0 Å². The van der Waals surface area contributed by atoms with Crippen LogP contribution in [0, 0.1) is 10.8 Å². The number of esters is 2. The number of benzene rings is 1. The van der Waals surface area contributed by atoms with Crippen molar-refractivity contribution in [1.29, 1.82) is 0 Å². The Morgan fingerprint density at radius 1 is 0.964 bits per heavy atom. The molecule has 1 atom stereocenters. The molecule has 1 unspecified atom stereocenters. The predicted molar refractivity (Wildman–Crippen MR) is 112 cm³/mol. The number of hydrogen-bond donors (Lipinski definition) is 2. The molecule has 6 nitrogen and oxygen atoms in total. The molecule has 28 heavy (non-hydrogen) atoms. The molecule has 1 aromatic rings. The molecule has 0 saturated carbocycles. The van der Waals surface area contributed by atoms with Crippen molar-refractivity contribution in [3.8, 4) is 11.5 Å². The second kappa shape index (κ2) is 10.8. The van der Waals surface area contributed by atoms with Gasteiger partial charge in [-0.2, -0.15) is 0 Å². The lowest BCUT2D eigenvalue weighted by atomic mass is 9.92. The van der Waals surface area contributed by atoms with E-state index in [1.54, 1.807) is 25.2 Å². The topological polar surface area (TPSA) is 84.9 Å². The summed E-state index contributed by atoms with van der Waals surface area (Å²) in [6, 6.07) is 4.75. The first-order chi connectivity index (χ1) is 12.3. The van der Waals surface area contributed by atoms with E-state index in [9.17, 15) is 14.7 Å². The maximum absolute atomic E-state index is 12.3. The summed E-state index contributed by atoms with van der Waals surface area (Å²) in [5.74, 6) is -0.513. The molecule has 0 saturated heterocycles. The number of nitrogens with one attached hydrogen (secondary N) is 1. The van der Waals surface area contributed by atoms with Crippen LogP contribution in [-0.2, 0) is 9.59 Å². The summed E-state index contributed by atoms with van der Waals surface area (Å²) in [5, 5.41) is 13.1. The Kier molecular flexibility index (Phi) is 10.2. The van der Waals surface area contributed by atoms with Gasteiger partial charge in [0.2, 0.25) is 0 Å². The largest absolute Gasteiger partial charge is 0.423 e. The molecule has 0 radical (unpaired) electrons. The maximum Gasteiger partial charge on any atom is 0.311 e. The highest BCUT2D eigenvalue weighted by molar-refractivity contribution is 5.85. The van der Waals surface area contributed by atoms with E-state index in [-0.39, 0.29) is 47.6 Å². The first-order valence-corrected chi connectivity index (χ1v) is 9.19. The number of aliphatic hydroxyl groups excluding tert-OH is 1. The van der Waals surface area contributed by atoms with E-state index < -0.39 is 18.0 Å². The highest BCUT2D eigenvalue weighted by Crippen LogP contribution is 2.33. The molecule has 2 N–H and O–H groups in total. The highest BCUT2D eigenvalue weighted by atomic mass is 35.5.